The van der Waals surface area contributed by atoms with E-state index in [2.05, 4.69) is 5.32 Å². The third-order valence-corrected chi connectivity index (χ3v) is 8.77. The summed E-state index contributed by atoms with van der Waals surface area (Å²) in [5, 5.41) is 2.93. The second kappa shape index (κ2) is 14.6. The van der Waals surface area contributed by atoms with Crippen molar-refractivity contribution in [2.75, 3.05) is 17.4 Å². The van der Waals surface area contributed by atoms with Gasteiger partial charge in [0.15, 0.2) is 0 Å². The summed E-state index contributed by atoms with van der Waals surface area (Å²) in [6.07, 6.45) is 0.944. The van der Waals surface area contributed by atoms with Crippen LogP contribution in [0.25, 0.3) is 0 Å². The monoisotopic (exact) mass is 601 g/mol. The quantitative estimate of drug-likeness (QED) is 0.219. The first kappa shape index (κ1) is 31.4. The Morgan fingerprint density at radius 1 is 0.837 bits per heavy atom. The summed E-state index contributed by atoms with van der Waals surface area (Å²) in [6.45, 7) is 3.80. The van der Waals surface area contributed by atoms with Crippen LogP contribution >= 0.6 is 0 Å². The average Bonchev–Trinajstić information content (AvgIpc) is 3.01. The van der Waals surface area contributed by atoms with E-state index in [1.54, 1.807) is 18.2 Å². The van der Waals surface area contributed by atoms with Crippen LogP contribution in [0, 0.1) is 12.7 Å². The van der Waals surface area contributed by atoms with Crippen LogP contribution in [0.4, 0.5) is 10.1 Å². The molecule has 9 heteroatoms. The van der Waals surface area contributed by atoms with Crippen LogP contribution in [0.5, 0.6) is 0 Å². The first-order chi connectivity index (χ1) is 20.7. The van der Waals surface area contributed by atoms with Gasteiger partial charge in [0.1, 0.15) is 18.4 Å². The lowest BCUT2D eigenvalue weighted by atomic mass is 10.0. The minimum absolute atomic E-state index is 0.0149. The van der Waals surface area contributed by atoms with Gasteiger partial charge in [0.25, 0.3) is 10.0 Å². The molecule has 0 saturated heterocycles. The lowest BCUT2D eigenvalue weighted by Gasteiger charge is -2.34. The van der Waals surface area contributed by atoms with Crippen molar-refractivity contribution in [2.45, 2.75) is 44.2 Å². The summed E-state index contributed by atoms with van der Waals surface area (Å²) in [7, 11) is -4.23. The van der Waals surface area contributed by atoms with Crippen LogP contribution in [-0.2, 0) is 32.6 Å². The summed E-state index contributed by atoms with van der Waals surface area (Å²) in [5.74, 6) is -1.44. The Labute approximate surface area is 253 Å². The number of anilines is 1. The van der Waals surface area contributed by atoms with E-state index in [4.69, 9.17) is 0 Å². The highest BCUT2D eigenvalue weighted by Gasteiger charge is 2.34. The molecule has 0 heterocycles. The molecule has 2 amide bonds. The minimum atomic E-state index is -4.23. The van der Waals surface area contributed by atoms with Gasteiger partial charge in [-0.15, -0.1) is 0 Å². The van der Waals surface area contributed by atoms with E-state index in [-0.39, 0.29) is 29.5 Å². The predicted octanol–water partition coefficient (Wildman–Crippen LogP) is 5.50. The lowest BCUT2D eigenvalue weighted by Crippen LogP contribution is -2.53. The number of nitrogens with zero attached hydrogens (tertiary/aromatic N) is 2. The SMILES string of the molecule is CCCNC(=O)[C@@H](Cc1ccccc1)N(Cc1cccc(C)c1)C(=O)CN(c1ccc(F)cc1)S(=O)(=O)c1ccccc1. The molecule has 0 saturated carbocycles. The molecular formula is C34H36FN3O4S. The topological polar surface area (TPSA) is 86.8 Å². The molecule has 1 N–H and O–H groups in total. The molecule has 0 aliphatic carbocycles. The number of sulfonamides is 1. The van der Waals surface area contributed by atoms with E-state index >= 15 is 0 Å². The summed E-state index contributed by atoms with van der Waals surface area (Å²) in [6, 6.07) is 28.8. The van der Waals surface area contributed by atoms with Gasteiger partial charge in [-0.1, -0.05) is 85.3 Å². The molecule has 0 fully saturated rings. The third kappa shape index (κ3) is 8.29. The van der Waals surface area contributed by atoms with Gasteiger partial charge < -0.3 is 10.2 Å². The van der Waals surface area contributed by atoms with Gasteiger partial charge in [0.05, 0.1) is 10.6 Å². The number of halogens is 1. The van der Waals surface area contributed by atoms with Crippen LogP contribution in [-0.4, -0.2) is 44.3 Å². The van der Waals surface area contributed by atoms with Gasteiger partial charge in [-0.2, -0.15) is 0 Å². The highest BCUT2D eigenvalue weighted by Crippen LogP contribution is 2.25. The molecular weight excluding hydrogens is 565 g/mol. The molecule has 0 unspecified atom stereocenters. The number of rotatable bonds is 13. The van der Waals surface area contributed by atoms with Gasteiger partial charge in [0.2, 0.25) is 11.8 Å². The highest BCUT2D eigenvalue weighted by atomic mass is 32.2. The fourth-order valence-corrected chi connectivity index (χ4v) is 6.22. The molecule has 0 aromatic heterocycles. The lowest BCUT2D eigenvalue weighted by molar-refractivity contribution is -0.140. The molecule has 0 spiro atoms. The molecule has 0 aliphatic rings. The Morgan fingerprint density at radius 2 is 1.47 bits per heavy atom. The van der Waals surface area contributed by atoms with Gasteiger partial charge in [-0.3, -0.25) is 13.9 Å². The molecule has 224 valence electrons. The molecule has 4 aromatic rings. The fourth-order valence-electron chi connectivity index (χ4n) is 4.78. The molecule has 0 aliphatic heterocycles. The van der Waals surface area contributed by atoms with Crippen LogP contribution in [0.2, 0.25) is 0 Å². The van der Waals surface area contributed by atoms with E-state index in [1.807, 2.05) is 68.4 Å². The molecule has 43 heavy (non-hydrogen) atoms. The summed E-state index contributed by atoms with van der Waals surface area (Å²) >= 11 is 0. The van der Waals surface area contributed by atoms with Crippen LogP contribution in [0.1, 0.15) is 30.0 Å². The normalized spacial score (nSPS) is 11.9. The Morgan fingerprint density at radius 3 is 2.09 bits per heavy atom. The van der Waals surface area contributed by atoms with E-state index in [0.717, 1.165) is 33.1 Å². The Hall–Kier alpha value is -4.50. The average molecular weight is 602 g/mol. The van der Waals surface area contributed by atoms with Crippen molar-refractivity contribution >= 4 is 27.5 Å². The molecule has 7 nitrogen and oxygen atoms in total. The highest BCUT2D eigenvalue weighted by molar-refractivity contribution is 7.92. The second-order valence-corrected chi connectivity index (χ2v) is 12.2. The number of nitrogens with one attached hydrogen (secondary N) is 1. The Balaban J connectivity index is 1.78. The first-order valence-electron chi connectivity index (χ1n) is 14.2. The zero-order chi connectivity index (χ0) is 30.8. The summed E-state index contributed by atoms with van der Waals surface area (Å²) in [5.41, 5.74) is 2.77. The maximum absolute atomic E-state index is 14.3. The van der Waals surface area contributed by atoms with Crippen molar-refractivity contribution in [3.05, 3.63) is 132 Å². The predicted molar refractivity (Wildman–Crippen MR) is 166 cm³/mol. The fraction of sp³-hybridized carbons (Fsp3) is 0.235. The van der Waals surface area contributed by atoms with Gasteiger partial charge >= 0.3 is 0 Å². The minimum Gasteiger partial charge on any atom is -0.354 e. The second-order valence-electron chi connectivity index (χ2n) is 10.3. The number of hydrogen-bond acceptors (Lipinski definition) is 4. The molecule has 0 bridgehead atoms. The number of hydrogen-bond donors (Lipinski definition) is 1. The van der Waals surface area contributed by atoms with Crippen molar-refractivity contribution in [1.29, 1.82) is 0 Å². The van der Waals surface area contributed by atoms with E-state index in [9.17, 15) is 22.4 Å². The summed E-state index contributed by atoms with van der Waals surface area (Å²) < 4.78 is 42.6. The smallest absolute Gasteiger partial charge is 0.264 e. The van der Waals surface area contributed by atoms with Crippen LogP contribution in [0.15, 0.2) is 114 Å². The maximum atomic E-state index is 14.3. The van der Waals surface area contributed by atoms with Gasteiger partial charge in [-0.25, -0.2) is 12.8 Å². The zero-order valence-electron chi connectivity index (χ0n) is 24.3. The number of aryl methyl sites for hydroxylation is 1. The molecule has 4 rings (SSSR count). The molecule has 0 radical (unpaired) electrons. The van der Waals surface area contributed by atoms with Crippen molar-refractivity contribution in [1.82, 2.24) is 10.2 Å². The Bertz CT molecular complexity index is 1610. The number of carbonyl (C=O) groups excluding carboxylic acids is 2. The number of amides is 2. The molecule has 1 atom stereocenters. The maximum Gasteiger partial charge on any atom is 0.264 e. The van der Waals surface area contributed by atoms with Crippen molar-refractivity contribution in [3.8, 4) is 0 Å². The summed E-state index contributed by atoms with van der Waals surface area (Å²) in [4.78, 5) is 29.4. The van der Waals surface area contributed by atoms with Crippen molar-refractivity contribution < 1.29 is 22.4 Å². The van der Waals surface area contributed by atoms with Crippen molar-refractivity contribution in [3.63, 3.8) is 0 Å². The third-order valence-electron chi connectivity index (χ3n) is 6.98. The zero-order valence-corrected chi connectivity index (χ0v) is 25.1. The van der Waals surface area contributed by atoms with Crippen LogP contribution in [0.3, 0.4) is 0 Å². The van der Waals surface area contributed by atoms with E-state index in [1.165, 1.54) is 29.2 Å². The van der Waals surface area contributed by atoms with E-state index in [0.29, 0.717) is 13.0 Å². The van der Waals surface area contributed by atoms with Crippen molar-refractivity contribution in [2.24, 2.45) is 0 Å². The van der Waals surface area contributed by atoms with Gasteiger partial charge in [0, 0.05) is 19.5 Å². The van der Waals surface area contributed by atoms with E-state index < -0.39 is 34.3 Å². The first-order valence-corrected chi connectivity index (χ1v) is 15.6. The number of benzene rings is 4. The largest absolute Gasteiger partial charge is 0.354 e. The number of carbonyl (C=O) groups is 2. The van der Waals surface area contributed by atoms with Gasteiger partial charge in [-0.05, 0) is 60.9 Å². The molecule has 4 aromatic carbocycles. The van der Waals surface area contributed by atoms with Crippen LogP contribution < -0.4 is 9.62 Å². The standard InChI is InChI=1S/C34H36FN3O4S/c1-3-21-36-34(40)32(23-27-12-6-4-7-13-27)37(24-28-14-10-11-26(2)22-28)33(39)25-38(30-19-17-29(35)18-20-30)43(41,42)31-15-8-5-9-16-31/h4-20,22,32H,3,21,23-25H2,1-2H3,(H,36,40)/t32-/m1/s1. The Kier molecular flexibility index (Phi) is 10.7.